The van der Waals surface area contributed by atoms with E-state index in [1.807, 2.05) is 4.57 Å². The second-order valence-electron chi connectivity index (χ2n) is 7.25. The SMILES string of the molecule is CC[C@H]1O[C@@H](n2cnc3c(-n4cc(C)c(=O)c(C)c4)nc(Cl)nc32)CC1C. The maximum atomic E-state index is 12.0. The van der Waals surface area contributed by atoms with Gasteiger partial charge in [-0.15, -0.1) is 0 Å². The number of hydrogen-bond donors (Lipinski definition) is 0. The fourth-order valence-corrected chi connectivity index (χ4v) is 3.97. The molecule has 4 heterocycles. The molecule has 7 nitrogen and oxygen atoms in total. The van der Waals surface area contributed by atoms with Crippen LogP contribution in [0.1, 0.15) is 44.0 Å². The summed E-state index contributed by atoms with van der Waals surface area (Å²) in [5, 5.41) is 0.131. The number of fused-ring (bicyclic) bond motifs is 1. The van der Waals surface area contributed by atoms with Crippen LogP contribution < -0.4 is 5.43 Å². The van der Waals surface area contributed by atoms with Crippen LogP contribution >= 0.6 is 11.6 Å². The first-order valence-electron chi connectivity index (χ1n) is 9.14. The van der Waals surface area contributed by atoms with Gasteiger partial charge in [-0.3, -0.25) is 9.36 Å². The standard InChI is InChI=1S/C19H22ClN5O2/c1-5-13-10(2)6-14(27-13)25-9-21-15-17(22-19(20)23-18(15)25)24-7-11(3)16(26)12(4)8-24/h7-10,13-14H,5-6H2,1-4H3/t10?,13-,14-/m1/s1. The van der Waals surface area contributed by atoms with Crippen molar-refractivity contribution < 1.29 is 4.74 Å². The number of rotatable bonds is 3. The number of halogens is 1. The van der Waals surface area contributed by atoms with Crippen LogP contribution in [0, 0.1) is 19.8 Å². The fourth-order valence-electron chi connectivity index (χ4n) is 3.81. The molecule has 0 amide bonds. The van der Waals surface area contributed by atoms with Crippen molar-refractivity contribution in [2.45, 2.75) is 52.9 Å². The number of nitrogens with zero attached hydrogens (tertiary/aromatic N) is 5. The summed E-state index contributed by atoms with van der Waals surface area (Å²) in [5.74, 6) is 1.02. The summed E-state index contributed by atoms with van der Waals surface area (Å²) in [6.45, 7) is 7.90. The third-order valence-electron chi connectivity index (χ3n) is 5.25. The molecule has 3 aromatic rings. The molecule has 1 fully saturated rings. The summed E-state index contributed by atoms with van der Waals surface area (Å²) in [7, 11) is 0. The van der Waals surface area contributed by atoms with E-state index in [1.54, 1.807) is 37.1 Å². The highest BCUT2D eigenvalue weighted by Gasteiger charge is 2.33. The van der Waals surface area contributed by atoms with E-state index in [0.717, 1.165) is 12.8 Å². The van der Waals surface area contributed by atoms with Crippen molar-refractivity contribution in [1.29, 1.82) is 0 Å². The first-order chi connectivity index (χ1) is 12.9. The zero-order chi connectivity index (χ0) is 19.3. The molecule has 0 bridgehead atoms. The molecule has 142 valence electrons. The maximum absolute atomic E-state index is 12.0. The van der Waals surface area contributed by atoms with Crippen molar-refractivity contribution in [3.05, 3.63) is 45.4 Å². The van der Waals surface area contributed by atoms with E-state index in [4.69, 9.17) is 16.3 Å². The predicted molar refractivity (Wildman–Crippen MR) is 103 cm³/mol. The molecule has 1 saturated heterocycles. The van der Waals surface area contributed by atoms with Gasteiger partial charge in [0, 0.05) is 23.5 Å². The van der Waals surface area contributed by atoms with Crippen LogP contribution in [0.3, 0.4) is 0 Å². The monoisotopic (exact) mass is 387 g/mol. The van der Waals surface area contributed by atoms with E-state index in [1.165, 1.54) is 0 Å². The van der Waals surface area contributed by atoms with Gasteiger partial charge in [0.15, 0.2) is 22.4 Å². The number of hydrogen-bond acceptors (Lipinski definition) is 5. The fraction of sp³-hybridized carbons (Fsp3) is 0.474. The van der Waals surface area contributed by atoms with Gasteiger partial charge < -0.3 is 9.30 Å². The minimum Gasteiger partial charge on any atom is -0.354 e. The van der Waals surface area contributed by atoms with Crippen LogP contribution in [0.15, 0.2) is 23.5 Å². The van der Waals surface area contributed by atoms with Gasteiger partial charge in [0.25, 0.3) is 0 Å². The smallest absolute Gasteiger partial charge is 0.226 e. The van der Waals surface area contributed by atoms with Crippen molar-refractivity contribution in [3.63, 3.8) is 0 Å². The van der Waals surface area contributed by atoms with Crippen molar-refractivity contribution in [3.8, 4) is 5.82 Å². The normalized spacial score (nSPS) is 22.6. The van der Waals surface area contributed by atoms with Crippen LogP contribution in [0.25, 0.3) is 17.0 Å². The molecule has 1 aliphatic heterocycles. The van der Waals surface area contributed by atoms with Crippen LogP contribution in [0.4, 0.5) is 0 Å². The van der Waals surface area contributed by atoms with Gasteiger partial charge in [0.2, 0.25) is 5.28 Å². The Hall–Kier alpha value is -2.25. The van der Waals surface area contributed by atoms with E-state index in [9.17, 15) is 4.79 Å². The number of aromatic nitrogens is 5. The molecule has 8 heteroatoms. The molecule has 1 aliphatic rings. The second kappa shape index (κ2) is 6.73. The van der Waals surface area contributed by atoms with Gasteiger partial charge in [-0.25, -0.2) is 4.98 Å². The molecule has 0 radical (unpaired) electrons. The molecule has 0 N–H and O–H groups in total. The predicted octanol–water partition coefficient (Wildman–Crippen LogP) is 3.58. The van der Waals surface area contributed by atoms with Crippen LogP contribution in [0.5, 0.6) is 0 Å². The average molecular weight is 388 g/mol. The van der Waals surface area contributed by atoms with Crippen molar-refractivity contribution in [2.24, 2.45) is 5.92 Å². The van der Waals surface area contributed by atoms with Crippen LogP contribution in [-0.4, -0.2) is 30.2 Å². The topological polar surface area (TPSA) is 74.8 Å². The molecule has 27 heavy (non-hydrogen) atoms. The molecule has 0 saturated carbocycles. The number of imidazole rings is 1. The van der Waals surface area contributed by atoms with Crippen LogP contribution in [-0.2, 0) is 4.74 Å². The highest BCUT2D eigenvalue weighted by Crippen LogP contribution is 2.36. The molecular weight excluding hydrogens is 366 g/mol. The Kier molecular flexibility index (Phi) is 4.52. The Morgan fingerprint density at radius 3 is 2.59 bits per heavy atom. The van der Waals surface area contributed by atoms with E-state index >= 15 is 0 Å². The van der Waals surface area contributed by atoms with Gasteiger partial charge >= 0.3 is 0 Å². The van der Waals surface area contributed by atoms with E-state index in [0.29, 0.717) is 34.0 Å². The summed E-state index contributed by atoms with van der Waals surface area (Å²) in [4.78, 5) is 25.4. The maximum Gasteiger partial charge on any atom is 0.226 e. The largest absolute Gasteiger partial charge is 0.354 e. The Bertz CT molecular complexity index is 1050. The highest BCUT2D eigenvalue weighted by atomic mass is 35.5. The summed E-state index contributed by atoms with van der Waals surface area (Å²) in [5.41, 5.74) is 2.55. The Labute approximate surface area is 162 Å². The molecule has 3 aromatic heterocycles. The first-order valence-corrected chi connectivity index (χ1v) is 9.52. The molecule has 1 unspecified atom stereocenters. The van der Waals surface area contributed by atoms with Gasteiger partial charge in [-0.1, -0.05) is 13.8 Å². The van der Waals surface area contributed by atoms with Gasteiger partial charge in [0.1, 0.15) is 6.23 Å². The molecule has 3 atom stereocenters. The lowest BCUT2D eigenvalue weighted by atomic mass is 10.0. The van der Waals surface area contributed by atoms with Crippen molar-refractivity contribution in [1.82, 2.24) is 24.1 Å². The molecule has 4 rings (SSSR count). The number of aryl methyl sites for hydroxylation is 2. The highest BCUT2D eigenvalue weighted by molar-refractivity contribution is 6.28. The number of pyridine rings is 1. The van der Waals surface area contributed by atoms with Gasteiger partial charge in [-0.2, -0.15) is 9.97 Å². The first kappa shape index (κ1) is 18.1. The molecular formula is C19H22ClN5O2. The Morgan fingerprint density at radius 2 is 1.96 bits per heavy atom. The molecule has 0 aliphatic carbocycles. The van der Waals surface area contributed by atoms with E-state index in [2.05, 4.69) is 28.8 Å². The van der Waals surface area contributed by atoms with Gasteiger partial charge in [-0.05, 0) is 44.2 Å². The summed E-state index contributed by atoms with van der Waals surface area (Å²) in [6, 6.07) is 0. The number of ether oxygens (including phenoxy) is 1. The van der Waals surface area contributed by atoms with Crippen molar-refractivity contribution >= 4 is 22.8 Å². The van der Waals surface area contributed by atoms with Crippen molar-refractivity contribution in [2.75, 3.05) is 0 Å². The van der Waals surface area contributed by atoms with Gasteiger partial charge in [0.05, 0.1) is 12.4 Å². The van der Waals surface area contributed by atoms with E-state index in [-0.39, 0.29) is 23.0 Å². The minimum atomic E-state index is -0.119. The quantitative estimate of drug-likeness (QED) is 0.642. The summed E-state index contributed by atoms with van der Waals surface area (Å²) in [6.07, 6.45) is 7.20. The zero-order valence-corrected chi connectivity index (χ0v) is 16.6. The third-order valence-corrected chi connectivity index (χ3v) is 5.42. The Balaban J connectivity index is 1.85. The molecule has 0 aromatic carbocycles. The lowest BCUT2D eigenvalue weighted by Crippen LogP contribution is -2.14. The van der Waals surface area contributed by atoms with Crippen LogP contribution in [0.2, 0.25) is 5.28 Å². The summed E-state index contributed by atoms with van der Waals surface area (Å²) < 4.78 is 9.90. The minimum absolute atomic E-state index is 0.0205. The third kappa shape index (κ3) is 3.04. The lowest BCUT2D eigenvalue weighted by Gasteiger charge is -2.15. The Morgan fingerprint density at radius 1 is 1.26 bits per heavy atom. The second-order valence-corrected chi connectivity index (χ2v) is 7.59. The zero-order valence-electron chi connectivity index (χ0n) is 15.8. The summed E-state index contributed by atoms with van der Waals surface area (Å²) >= 11 is 6.23. The average Bonchev–Trinajstić information content (AvgIpc) is 3.21. The lowest BCUT2D eigenvalue weighted by molar-refractivity contribution is -0.00304. The molecule has 0 spiro atoms. The van der Waals surface area contributed by atoms with E-state index < -0.39 is 0 Å².